The van der Waals surface area contributed by atoms with E-state index >= 15 is 0 Å². The number of carboxylic acid groups (broad SMARTS) is 1. The van der Waals surface area contributed by atoms with Gasteiger partial charge >= 0.3 is 5.97 Å². The minimum absolute atomic E-state index is 0.513. The number of hydrogen-bond donors (Lipinski definition) is 1. The molecule has 0 spiro atoms. The van der Waals surface area contributed by atoms with E-state index in [0.717, 1.165) is 15.7 Å². The van der Waals surface area contributed by atoms with Gasteiger partial charge in [0.2, 0.25) is 0 Å². The van der Waals surface area contributed by atoms with Crippen LogP contribution in [0.3, 0.4) is 0 Å². The number of fused-ring (bicyclic) bond motifs is 1. The third-order valence-electron chi connectivity index (χ3n) is 2.66. The van der Waals surface area contributed by atoms with Crippen LogP contribution in [0.2, 0.25) is 0 Å². The fraction of sp³-hybridized carbons (Fsp3) is 0.143. The van der Waals surface area contributed by atoms with Crippen molar-refractivity contribution in [2.24, 2.45) is 0 Å². The molecule has 1 unspecified atom stereocenters. The van der Waals surface area contributed by atoms with E-state index in [4.69, 9.17) is 10.4 Å². The highest BCUT2D eigenvalue weighted by molar-refractivity contribution is 8.00. The fourth-order valence-electron chi connectivity index (χ4n) is 1.71. The number of aliphatic carboxylic acids is 1. The summed E-state index contributed by atoms with van der Waals surface area (Å²) in [5.74, 6) is -0.839. The summed E-state index contributed by atoms with van der Waals surface area (Å²) in [7, 11) is 0. The second-order valence-electron chi connectivity index (χ2n) is 3.87. The van der Waals surface area contributed by atoms with Crippen LogP contribution in [0.1, 0.15) is 12.5 Å². The molecule has 18 heavy (non-hydrogen) atoms. The van der Waals surface area contributed by atoms with Gasteiger partial charge < -0.3 is 5.11 Å². The average Bonchev–Trinajstić information content (AvgIpc) is 2.39. The molecule has 0 amide bonds. The molecule has 90 valence electrons. The molecule has 2 rings (SSSR count). The van der Waals surface area contributed by atoms with Gasteiger partial charge in [-0.05, 0) is 24.4 Å². The van der Waals surface area contributed by atoms with Crippen LogP contribution >= 0.6 is 11.8 Å². The van der Waals surface area contributed by atoms with Gasteiger partial charge in [-0.2, -0.15) is 5.26 Å². The van der Waals surface area contributed by atoms with Crippen LogP contribution in [-0.4, -0.2) is 16.3 Å². The number of carboxylic acids is 1. The normalized spacial score (nSPS) is 12.0. The van der Waals surface area contributed by atoms with E-state index in [1.54, 1.807) is 13.0 Å². The first-order valence-corrected chi connectivity index (χ1v) is 6.32. The lowest BCUT2D eigenvalue weighted by Gasteiger charge is -2.10. The van der Waals surface area contributed by atoms with Crippen LogP contribution in [0.4, 0.5) is 0 Å². The molecule has 0 aliphatic rings. The number of rotatable bonds is 3. The summed E-state index contributed by atoms with van der Waals surface area (Å²) in [5, 5.41) is 19.3. The predicted octanol–water partition coefficient (Wildman–Crippen LogP) is 3.28. The first-order valence-electron chi connectivity index (χ1n) is 5.45. The molecule has 0 aliphatic heterocycles. The van der Waals surface area contributed by atoms with Gasteiger partial charge in [-0.25, -0.2) is 0 Å². The Balaban J connectivity index is 2.54. The van der Waals surface area contributed by atoms with Crippen molar-refractivity contribution < 1.29 is 9.90 Å². The molecule has 0 saturated carbocycles. The number of nitriles is 1. The first kappa shape index (κ1) is 12.5. The van der Waals surface area contributed by atoms with E-state index in [9.17, 15) is 4.79 Å². The van der Waals surface area contributed by atoms with Gasteiger partial charge in [0.15, 0.2) is 0 Å². The molecule has 0 radical (unpaired) electrons. The molecule has 1 N–H and O–H groups in total. The number of carbonyl (C=O) groups is 1. The van der Waals surface area contributed by atoms with E-state index in [1.165, 1.54) is 11.8 Å². The quantitative estimate of drug-likeness (QED) is 0.857. The van der Waals surface area contributed by atoms with Crippen molar-refractivity contribution >= 4 is 28.5 Å². The Kier molecular flexibility index (Phi) is 3.54. The summed E-state index contributed by atoms with van der Waals surface area (Å²) < 4.78 is 0. The molecule has 3 nitrogen and oxygen atoms in total. The fourth-order valence-corrected chi connectivity index (χ4v) is 2.65. The molecule has 1 atom stereocenters. The Hall–Kier alpha value is -1.99. The zero-order chi connectivity index (χ0) is 13.1. The zero-order valence-electron chi connectivity index (χ0n) is 9.75. The maximum atomic E-state index is 10.9. The summed E-state index contributed by atoms with van der Waals surface area (Å²) in [5.41, 5.74) is 0.609. The highest BCUT2D eigenvalue weighted by Crippen LogP contribution is 2.32. The van der Waals surface area contributed by atoms with Crippen molar-refractivity contribution in [1.29, 1.82) is 5.26 Å². The maximum Gasteiger partial charge on any atom is 0.316 e. The molecule has 4 heteroatoms. The van der Waals surface area contributed by atoms with Crippen molar-refractivity contribution in [3.8, 4) is 6.07 Å². The average molecular weight is 257 g/mol. The third-order valence-corrected chi connectivity index (χ3v) is 3.82. The molecular formula is C14H11NO2S. The van der Waals surface area contributed by atoms with Crippen molar-refractivity contribution in [2.75, 3.05) is 0 Å². The van der Waals surface area contributed by atoms with Crippen LogP contribution in [0, 0.1) is 11.3 Å². The largest absolute Gasteiger partial charge is 0.480 e. The monoisotopic (exact) mass is 257 g/mol. The Labute approximate surface area is 109 Å². The topological polar surface area (TPSA) is 61.1 Å². The molecule has 0 fully saturated rings. The van der Waals surface area contributed by atoms with Gasteiger partial charge in [-0.1, -0.05) is 24.3 Å². The summed E-state index contributed by atoms with van der Waals surface area (Å²) in [6.45, 7) is 1.65. The minimum atomic E-state index is -0.839. The van der Waals surface area contributed by atoms with Crippen LogP contribution < -0.4 is 0 Å². The van der Waals surface area contributed by atoms with E-state index in [2.05, 4.69) is 6.07 Å². The van der Waals surface area contributed by atoms with Gasteiger partial charge in [0, 0.05) is 10.3 Å². The lowest BCUT2D eigenvalue weighted by Crippen LogP contribution is -2.11. The third kappa shape index (κ3) is 2.31. The van der Waals surface area contributed by atoms with E-state index in [-0.39, 0.29) is 0 Å². The molecule has 2 aromatic carbocycles. The SMILES string of the molecule is CC(Sc1ccc(C#N)c2ccccc12)C(=O)O. The second kappa shape index (κ2) is 5.11. The first-order chi connectivity index (χ1) is 8.63. The van der Waals surface area contributed by atoms with Gasteiger partial charge in [-0.3, -0.25) is 4.79 Å². The van der Waals surface area contributed by atoms with E-state index in [1.807, 2.05) is 30.3 Å². The molecule has 0 heterocycles. The van der Waals surface area contributed by atoms with E-state index < -0.39 is 11.2 Å². The molecule has 0 bridgehead atoms. The second-order valence-corrected chi connectivity index (χ2v) is 5.25. The minimum Gasteiger partial charge on any atom is -0.480 e. The molecule has 0 aromatic heterocycles. The smallest absolute Gasteiger partial charge is 0.316 e. The van der Waals surface area contributed by atoms with Gasteiger partial charge in [0.05, 0.1) is 11.6 Å². The number of benzene rings is 2. The predicted molar refractivity (Wildman–Crippen MR) is 71.6 cm³/mol. The van der Waals surface area contributed by atoms with Crippen molar-refractivity contribution in [2.45, 2.75) is 17.1 Å². The Morgan fingerprint density at radius 2 is 1.94 bits per heavy atom. The molecule has 2 aromatic rings. The Bertz CT molecular complexity index is 646. The lowest BCUT2D eigenvalue weighted by atomic mass is 10.1. The molecular weight excluding hydrogens is 246 g/mol. The summed E-state index contributed by atoms with van der Waals surface area (Å²) in [6.07, 6.45) is 0. The van der Waals surface area contributed by atoms with Gasteiger partial charge in [0.1, 0.15) is 5.25 Å². The Morgan fingerprint density at radius 1 is 1.28 bits per heavy atom. The van der Waals surface area contributed by atoms with Gasteiger partial charge in [-0.15, -0.1) is 11.8 Å². The van der Waals surface area contributed by atoms with Crippen molar-refractivity contribution in [3.63, 3.8) is 0 Å². The number of thioether (sulfide) groups is 1. The molecule has 0 saturated heterocycles. The standard InChI is InChI=1S/C14H11NO2S/c1-9(14(16)17)18-13-7-6-10(8-15)11-4-2-3-5-12(11)13/h2-7,9H,1H3,(H,16,17). The highest BCUT2D eigenvalue weighted by Gasteiger charge is 2.14. The van der Waals surface area contributed by atoms with Gasteiger partial charge in [0.25, 0.3) is 0 Å². The summed E-state index contributed by atoms with van der Waals surface area (Å²) in [6, 6.07) is 13.2. The zero-order valence-corrected chi connectivity index (χ0v) is 10.6. The van der Waals surface area contributed by atoms with Crippen LogP contribution in [0.15, 0.2) is 41.3 Å². The number of nitrogens with zero attached hydrogens (tertiary/aromatic N) is 1. The van der Waals surface area contributed by atoms with Crippen molar-refractivity contribution in [3.05, 3.63) is 42.0 Å². The number of hydrogen-bond acceptors (Lipinski definition) is 3. The van der Waals surface area contributed by atoms with Crippen LogP contribution in [0.25, 0.3) is 10.8 Å². The van der Waals surface area contributed by atoms with Crippen LogP contribution in [-0.2, 0) is 4.79 Å². The highest BCUT2D eigenvalue weighted by atomic mass is 32.2. The molecule has 0 aliphatic carbocycles. The maximum absolute atomic E-state index is 10.9. The summed E-state index contributed by atoms with van der Waals surface area (Å²) >= 11 is 1.29. The lowest BCUT2D eigenvalue weighted by molar-refractivity contribution is -0.136. The van der Waals surface area contributed by atoms with Crippen molar-refractivity contribution in [1.82, 2.24) is 0 Å². The Morgan fingerprint density at radius 3 is 2.56 bits per heavy atom. The van der Waals surface area contributed by atoms with Crippen LogP contribution in [0.5, 0.6) is 0 Å². The summed E-state index contributed by atoms with van der Waals surface area (Å²) in [4.78, 5) is 11.8. The van der Waals surface area contributed by atoms with E-state index in [0.29, 0.717) is 5.56 Å².